The summed E-state index contributed by atoms with van der Waals surface area (Å²) in [7, 11) is 0. The zero-order chi connectivity index (χ0) is 9.41. The van der Waals surface area contributed by atoms with Gasteiger partial charge in [0, 0.05) is 12.0 Å². The molecule has 1 heteroatoms. The fraction of sp³-hybridized carbons (Fsp3) is 0.818. The minimum atomic E-state index is 0.0434. The van der Waals surface area contributed by atoms with Crippen molar-refractivity contribution < 1.29 is 5.11 Å². The van der Waals surface area contributed by atoms with Crippen LogP contribution in [0, 0.1) is 16.7 Å². The number of aliphatic hydroxyl groups excluding tert-OH is 1. The zero-order valence-corrected chi connectivity index (χ0v) is 8.59. The maximum Gasteiger partial charge on any atom is 0.0495 e. The first-order valence-electron chi connectivity index (χ1n) is 4.71. The van der Waals surface area contributed by atoms with Crippen molar-refractivity contribution in [2.45, 2.75) is 34.1 Å². The molecule has 0 aliphatic heterocycles. The standard InChI is InChI=1S/C11H20O/c1-9-6-5-7-10(2,3)11(9,4)8-12/h5-6,9,12H,7-8H2,1-4H3. The summed E-state index contributed by atoms with van der Waals surface area (Å²) in [5.74, 6) is 0.478. The summed E-state index contributed by atoms with van der Waals surface area (Å²) in [5, 5.41) is 9.42. The summed E-state index contributed by atoms with van der Waals surface area (Å²) < 4.78 is 0. The van der Waals surface area contributed by atoms with Gasteiger partial charge in [0.2, 0.25) is 0 Å². The normalized spacial score (nSPS) is 39.9. The molecule has 1 N–H and O–H groups in total. The molecule has 1 aliphatic carbocycles. The van der Waals surface area contributed by atoms with Crippen LogP contribution >= 0.6 is 0 Å². The molecule has 1 nitrogen and oxygen atoms in total. The van der Waals surface area contributed by atoms with Crippen molar-refractivity contribution in [1.29, 1.82) is 0 Å². The first kappa shape index (κ1) is 9.79. The Morgan fingerprint density at radius 2 is 2.00 bits per heavy atom. The van der Waals surface area contributed by atoms with E-state index in [4.69, 9.17) is 0 Å². The van der Waals surface area contributed by atoms with E-state index in [1.54, 1.807) is 0 Å². The molecule has 0 aromatic heterocycles. The Balaban J connectivity index is 3.00. The Labute approximate surface area is 75.5 Å². The lowest BCUT2D eigenvalue weighted by Gasteiger charge is -2.48. The topological polar surface area (TPSA) is 20.2 Å². The van der Waals surface area contributed by atoms with Crippen molar-refractivity contribution in [3.05, 3.63) is 12.2 Å². The van der Waals surface area contributed by atoms with Crippen LogP contribution in [0.1, 0.15) is 34.1 Å². The predicted octanol–water partition coefficient (Wildman–Crippen LogP) is 2.61. The summed E-state index contributed by atoms with van der Waals surface area (Å²) in [4.78, 5) is 0. The van der Waals surface area contributed by atoms with Crippen LogP contribution < -0.4 is 0 Å². The van der Waals surface area contributed by atoms with Gasteiger partial charge in [-0.15, -0.1) is 0 Å². The van der Waals surface area contributed by atoms with Crippen LogP contribution in [-0.2, 0) is 0 Å². The number of aliphatic hydroxyl groups is 1. The molecule has 2 unspecified atom stereocenters. The fourth-order valence-electron chi connectivity index (χ4n) is 1.99. The van der Waals surface area contributed by atoms with Crippen LogP contribution in [0.4, 0.5) is 0 Å². The lowest BCUT2D eigenvalue weighted by Crippen LogP contribution is -2.44. The molecular weight excluding hydrogens is 148 g/mol. The van der Waals surface area contributed by atoms with Crippen molar-refractivity contribution in [3.8, 4) is 0 Å². The van der Waals surface area contributed by atoms with E-state index in [9.17, 15) is 5.11 Å². The Hall–Kier alpha value is -0.300. The van der Waals surface area contributed by atoms with Crippen molar-refractivity contribution in [2.75, 3.05) is 6.61 Å². The van der Waals surface area contributed by atoms with Crippen molar-refractivity contribution in [3.63, 3.8) is 0 Å². The predicted molar refractivity (Wildman–Crippen MR) is 51.9 cm³/mol. The Kier molecular flexibility index (Phi) is 2.35. The third-order valence-electron chi connectivity index (χ3n) is 3.93. The molecule has 0 amide bonds. The highest BCUT2D eigenvalue weighted by molar-refractivity contribution is 5.08. The lowest BCUT2D eigenvalue weighted by atomic mass is 9.57. The Bertz CT molecular complexity index is 193. The maximum atomic E-state index is 9.42. The van der Waals surface area contributed by atoms with E-state index in [-0.39, 0.29) is 17.4 Å². The van der Waals surface area contributed by atoms with Gasteiger partial charge in [-0.25, -0.2) is 0 Å². The number of hydrogen-bond acceptors (Lipinski definition) is 1. The van der Waals surface area contributed by atoms with Crippen LogP contribution in [0.2, 0.25) is 0 Å². The average Bonchev–Trinajstić information content (AvgIpc) is 2.00. The van der Waals surface area contributed by atoms with Gasteiger partial charge >= 0.3 is 0 Å². The molecule has 0 saturated carbocycles. The molecule has 0 aromatic rings. The highest BCUT2D eigenvalue weighted by Gasteiger charge is 2.44. The molecule has 0 aromatic carbocycles. The molecule has 2 atom stereocenters. The quantitative estimate of drug-likeness (QED) is 0.597. The van der Waals surface area contributed by atoms with Crippen LogP contribution in [0.25, 0.3) is 0 Å². The number of rotatable bonds is 1. The third-order valence-corrected chi connectivity index (χ3v) is 3.93. The molecule has 0 saturated heterocycles. The SMILES string of the molecule is CC1C=CCC(C)(C)C1(C)CO. The second kappa shape index (κ2) is 2.88. The average molecular weight is 168 g/mol. The first-order valence-corrected chi connectivity index (χ1v) is 4.71. The molecule has 0 fully saturated rings. The largest absolute Gasteiger partial charge is 0.396 e. The molecule has 70 valence electrons. The minimum absolute atomic E-state index is 0.0434. The smallest absolute Gasteiger partial charge is 0.0495 e. The molecule has 0 heterocycles. The van der Waals surface area contributed by atoms with E-state index in [2.05, 4.69) is 39.8 Å². The second-order valence-corrected chi connectivity index (χ2v) is 4.88. The van der Waals surface area contributed by atoms with Gasteiger partial charge in [0.25, 0.3) is 0 Å². The molecule has 12 heavy (non-hydrogen) atoms. The van der Waals surface area contributed by atoms with E-state index in [0.29, 0.717) is 5.92 Å². The first-order chi connectivity index (χ1) is 5.44. The van der Waals surface area contributed by atoms with E-state index in [1.807, 2.05) is 0 Å². The van der Waals surface area contributed by atoms with Gasteiger partial charge in [0.15, 0.2) is 0 Å². The van der Waals surface area contributed by atoms with Gasteiger partial charge in [-0.3, -0.25) is 0 Å². The summed E-state index contributed by atoms with van der Waals surface area (Å²) in [5.41, 5.74) is 0.262. The van der Waals surface area contributed by atoms with Crippen molar-refractivity contribution in [2.24, 2.45) is 16.7 Å². The van der Waals surface area contributed by atoms with Crippen LogP contribution in [0.3, 0.4) is 0 Å². The highest BCUT2D eigenvalue weighted by Crippen LogP contribution is 2.50. The highest BCUT2D eigenvalue weighted by atomic mass is 16.3. The van der Waals surface area contributed by atoms with Crippen LogP contribution in [-0.4, -0.2) is 11.7 Å². The maximum absolute atomic E-state index is 9.42. The summed E-state index contributed by atoms with van der Waals surface area (Å²) >= 11 is 0. The van der Waals surface area contributed by atoms with Gasteiger partial charge in [-0.2, -0.15) is 0 Å². The van der Waals surface area contributed by atoms with Crippen LogP contribution in [0.15, 0.2) is 12.2 Å². The van der Waals surface area contributed by atoms with Gasteiger partial charge in [-0.05, 0) is 17.8 Å². The third kappa shape index (κ3) is 1.20. The second-order valence-electron chi connectivity index (χ2n) is 4.88. The molecule has 0 spiro atoms. The van der Waals surface area contributed by atoms with Crippen molar-refractivity contribution >= 4 is 0 Å². The van der Waals surface area contributed by atoms with E-state index >= 15 is 0 Å². The zero-order valence-electron chi connectivity index (χ0n) is 8.59. The van der Waals surface area contributed by atoms with Gasteiger partial charge in [-0.1, -0.05) is 39.8 Å². The minimum Gasteiger partial charge on any atom is -0.396 e. The molecule has 1 rings (SSSR count). The summed E-state index contributed by atoms with van der Waals surface area (Å²) in [6, 6.07) is 0. The summed E-state index contributed by atoms with van der Waals surface area (Å²) in [6.45, 7) is 9.13. The van der Waals surface area contributed by atoms with Gasteiger partial charge in [0.05, 0.1) is 0 Å². The van der Waals surface area contributed by atoms with E-state index < -0.39 is 0 Å². The molecule has 0 bridgehead atoms. The molecule has 0 radical (unpaired) electrons. The van der Waals surface area contributed by atoms with Gasteiger partial charge in [0.1, 0.15) is 0 Å². The lowest BCUT2D eigenvalue weighted by molar-refractivity contribution is -0.0164. The fourth-order valence-corrected chi connectivity index (χ4v) is 1.99. The summed E-state index contributed by atoms with van der Waals surface area (Å²) in [6.07, 6.45) is 5.54. The Morgan fingerprint density at radius 1 is 1.42 bits per heavy atom. The van der Waals surface area contributed by atoms with Crippen molar-refractivity contribution in [1.82, 2.24) is 0 Å². The number of hydrogen-bond donors (Lipinski definition) is 1. The van der Waals surface area contributed by atoms with E-state index in [1.165, 1.54) is 0 Å². The van der Waals surface area contributed by atoms with Crippen LogP contribution in [0.5, 0.6) is 0 Å². The Morgan fingerprint density at radius 3 is 2.33 bits per heavy atom. The van der Waals surface area contributed by atoms with Gasteiger partial charge < -0.3 is 5.11 Å². The van der Waals surface area contributed by atoms with E-state index in [0.717, 1.165) is 6.42 Å². The molecule has 1 aliphatic rings. The monoisotopic (exact) mass is 168 g/mol. The molecular formula is C11H20O. The number of allylic oxidation sites excluding steroid dienone is 2.